The third-order valence-electron chi connectivity index (χ3n) is 6.63. The van der Waals surface area contributed by atoms with Crippen molar-refractivity contribution in [2.45, 2.75) is 18.2 Å². The molecule has 0 saturated carbocycles. The highest BCUT2D eigenvalue weighted by Gasteiger charge is 2.28. The topological polar surface area (TPSA) is 66.8 Å². The van der Waals surface area contributed by atoms with Gasteiger partial charge in [0.1, 0.15) is 5.52 Å². The number of ether oxygens (including phenoxy) is 4. The fourth-order valence-corrected chi connectivity index (χ4v) is 5.55. The molecule has 2 aliphatic rings. The molecule has 4 heterocycles. The van der Waals surface area contributed by atoms with Gasteiger partial charge in [-0.25, -0.2) is 4.98 Å². The quantitative estimate of drug-likeness (QED) is 0.174. The predicted molar refractivity (Wildman–Crippen MR) is 136 cm³/mol. The second-order valence-electron chi connectivity index (χ2n) is 8.71. The van der Waals surface area contributed by atoms with E-state index < -0.39 is 0 Å². The van der Waals surface area contributed by atoms with Crippen LogP contribution < -0.4 is 40.5 Å². The van der Waals surface area contributed by atoms with Crippen LogP contribution >= 0.6 is 11.8 Å². The monoisotopic (exact) mass is 578 g/mol. The summed E-state index contributed by atoms with van der Waals surface area (Å²) < 4.78 is 31.3. The molecule has 7 rings (SSSR count). The van der Waals surface area contributed by atoms with Crippen molar-refractivity contribution in [3.8, 4) is 34.3 Å². The van der Waals surface area contributed by atoms with Crippen molar-refractivity contribution in [2.75, 3.05) is 26.3 Å². The van der Waals surface area contributed by atoms with Gasteiger partial charge in [0.25, 0.3) is 5.22 Å². The van der Waals surface area contributed by atoms with Gasteiger partial charge < -0.3 is 40.3 Å². The van der Waals surface area contributed by atoms with Gasteiger partial charge in [-0.1, -0.05) is 23.9 Å². The maximum Gasteiger partial charge on any atom is 0.256 e. The molecule has 0 aliphatic carbocycles. The minimum absolute atomic E-state index is 0. The molecule has 0 amide bonds. The molecule has 7 nitrogen and oxygen atoms in total. The number of halogens is 1. The molecule has 0 unspecified atom stereocenters. The lowest BCUT2D eigenvalue weighted by atomic mass is 9.95. The van der Waals surface area contributed by atoms with Gasteiger partial charge in [0.15, 0.2) is 41.3 Å². The maximum absolute atomic E-state index is 6.29. The third kappa shape index (κ3) is 4.26. The summed E-state index contributed by atoms with van der Waals surface area (Å²) in [5.41, 5.74) is 5.28. The average molecular weight is 579 g/mol. The van der Waals surface area contributed by atoms with Crippen LogP contribution in [0, 0.1) is 0 Å². The largest absolute Gasteiger partial charge is 1.00 e. The number of thioether (sulfide) groups is 1. The van der Waals surface area contributed by atoms with Crippen LogP contribution in [0.2, 0.25) is 0 Å². The van der Waals surface area contributed by atoms with Crippen LogP contribution in [0.3, 0.4) is 0 Å². The van der Waals surface area contributed by atoms with Crippen molar-refractivity contribution in [1.29, 1.82) is 0 Å². The third-order valence-corrected chi connectivity index (χ3v) is 7.42. The number of benzene rings is 3. The number of pyridine rings is 1. The number of rotatable bonds is 6. The molecule has 0 fully saturated rings. The minimum atomic E-state index is 0. The van der Waals surface area contributed by atoms with Gasteiger partial charge >= 0.3 is 0 Å². The van der Waals surface area contributed by atoms with E-state index in [0.717, 1.165) is 63.5 Å². The van der Waals surface area contributed by atoms with Crippen LogP contribution in [0.1, 0.15) is 5.56 Å². The van der Waals surface area contributed by atoms with Gasteiger partial charge in [0, 0.05) is 18.2 Å². The lowest BCUT2D eigenvalue weighted by Gasteiger charge is -2.18. The van der Waals surface area contributed by atoms with Crippen LogP contribution in [0.15, 0.2) is 70.4 Å². The molecule has 0 radical (unpaired) electrons. The van der Waals surface area contributed by atoms with Gasteiger partial charge in [-0.15, -0.1) is 0 Å². The van der Waals surface area contributed by atoms with Crippen molar-refractivity contribution < 1.29 is 44.9 Å². The number of para-hydroxylation sites is 2. The predicted octanol–water partition coefficient (Wildman–Crippen LogP) is 2.40. The second-order valence-corrected chi connectivity index (χ2v) is 9.76. The zero-order valence-corrected chi connectivity index (χ0v) is 22.4. The van der Waals surface area contributed by atoms with Crippen LogP contribution in [-0.4, -0.2) is 31.2 Å². The molecule has 0 bridgehead atoms. The summed E-state index contributed by atoms with van der Waals surface area (Å²) in [6.07, 6.45) is 3.10. The maximum atomic E-state index is 6.29. The van der Waals surface area contributed by atoms with Gasteiger partial charge in [0.05, 0.1) is 24.7 Å². The van der Waals surface area contributed by atoms with Crippen molar-refractivity contribution in [2.24, 2.45) is 0 Å². The SMILES string of the molecule is COc1ccc2cc3[n+](cc2c1OCCSc1nc2ccccc2o1)CCc1cc2c(cc1-3)OCO2.[Br-]. The summed E-state index contributed by atoms with van der Waals surface area (Å²) >= 11 is 1.54. The first-order valence-corrected chi connectivity index (χ1v) is 12.8. The van der Waals surface area contributed by atoms with Gasteiger partial charge in [-0.3, -0.25) is 0 Å². The number of nitrogens with zero attached hydrogens (tertiary/aromatic N) is 2. The summed E-state index contributed by atoms with van der Waals surface area (Å²) in [6, 6.07) is 18.2. The highest BCUT2D eigenvalue weighted by atomic mass is 79.9. The molecule has 9 heteroatoms. The van der Waals surface area contributed by atoms with E-state index in [1.807, 2.05) is 30.3 Å². The van der Waals surface area contributed by atoms with Crippen LogP contribution in [0.4, 0.5) is 0 Å². The Balaban J connectivity index is 0.00000252. The molecule has 5 aromatic rings. The molecule has 0 N–H and O–H groups in total. The number of hydrogen-bond acceptors (Lipinski definition) is 7. The van der Waals surface area contributed by atoms with Crippen molar-refractivity contribution in [1.82, 2.24) is 4.98 Å². The van der Waals surface area contributed by atoms with Crippen molar-refractivity contribution in [3.05, 3.63) is 66.4 Å². The van der Waals surface area contributed by atoms with Crippen molar-refractivity contribution in [3.63, 3.8) is 0 Å². The Bertz CT molecular complexity index is 1600. The fraction of sp³-hybridized carbons (Fsp3) is 0.214. The summed E-state index contributed by atoms with van der Waals surface area (Å²) in [7, 11) is 1.67. The number of fused-ring (bicyclic) bond motifs is 6. The van der Waals surface area contributed by atoms with E-state index in [1.165, 1.54) is 22.9 Å². The number of methoxy groups -OCH3 is 1. The molecule has 2 aliphatic heterocycles. The van der Waals surface area contributed by atoms with E-state index >= 15 is 0 Å². The fourth-order valence-electron chi connectivity index (χ4n) is 4.89. The Morgan fingerprint density at radius 3 is 2.78 bits per heavy atom. The Labute approximate surface area is 228 Å². The van der Waals surface area contributed by atoms with Crippen LogP contribution in [-0.2, 0) is 13.0 Å². The van der Waals surface area contributed by atoms with Crippen LogP contribution in [0.5, 0.6) is 23.0 Å². The Kier molecular flexibility index (Phi) is 6.34. The highest BCUT2D eigenvalue weighted by molar-refractivity contribution is 7.99. The standard InChI is InChI=1S/C28H23N2O5S.BrH/c1-31-24-7-6-17-12-22-19-14-26-25(33-16-34-26)13-18(19)8-9-30(22)15-20(17)27(24)32-10-11-36-28-29-21-4-2-3-5-23(21)35-28;/h2-7,12-15H,8-11,16H2,1H3;1H/q+1;/p-1. The summed E-state index contributed by atoms with van der Waals surface area (Å²) in [4.78, 5) is 4.53. The smallest absolute Gasteiger partial charge is 0.256 e. The summed E-state index contributed by atoms with van der Waals surface area (Å²) in [5, 5.41) is 2.76. The first-order valence-electron chi connectivity index (χ1n) is 11.8. The summed E-state index contributed by atoms with van der Waals surface area (Å²) in [5.74, 6) is 3.80. The number of aryl methyl sites for hydroxylation is 2. The molecule has 188 valence electrons. The second kappa shape index (κ2) is 9.79. The Morgan fingerprint density at radius 1 is 1.05 bits per heavy atom. The van der Waals surface area contributed by atoms with E-state index in [2.05, 4.69) is 40.0 Å². The first-order chi connectivity index (χ1) is 17.8. The molecule has 0 saturated heterocycles. The summed E-state index contributed by atoms with van der Waals surface area (Å²) in [6.45, 7) is 1.65. The van der Waals surface area contributed by atoms with E-state index in [9.17, 15) is 0 Å². The van der Waals surface area contributed by atoms with Crippen molar-refractivity contribution >= 4 is 33.6 Å². The normalized spacial score (nSPS) is 13.2. The molecule has 37 heavy (non-hydrogen) atoms. The Morgan fingerprint density at radius 2 is 1.92 bits per heavy atom. The molecule has 2 aromatic heterocycles. The lowest BCUT2D eigenvalue weighted by molar-refractivity contribution is -0.686. The zero-order chi connectivity index (χ0) is 24.1. The van der Waals surface area contributed by atoms with Gasteiger partial charge in [-0.2, -0.15) is 4.57 Å². The molecule has 0 atom stereocenters. The number of aromatic nitrogens is 2. The van der Waals surface area contributed by atoms with E-state index in [-0.39, 0.29) is 23.8 Å². The Hall–Kier alpha value is -3.43. The highest BCUT2D eigenvalue weighted by Crippen LogP contribution is 2.41. The first kappa shape index (κ1) is 23.9. The molecular weight excluding hydrogens is 556 g/mol. The van der Waals surface area contributed by atoms with E-state index in [0.29, 0.717) is 17.6 Å². The van der Waals surface area contributed by atoms with Gasteiger partial charge in [0.2, 0.25) is 12.5 Å². The number of oxazole rings is 1. The average Bonchev–Trinajstić information content (AvgIpc) is 3.54. The lowest BCUT2D eigenvalue weighted by Crippen LogP contribution is -3.00. The van der Waals surface area contributed by atoms with Gasteiger partial charge in [-0.05, 0) is 47.3 Å². The van der Waals surface area contributed by atoms with E-state index in [4.69, 9.17) is 23.4 Å². The van der Waals surface area contributed by atoms with E-state index in [1.54, 1.807) is 7.11 Å². The molecule has 3 aromatic carbocycles. The molecular formula is C28H23BrN2O5S. The number of hydrogen-bond donors (Lipinski definition) is 0. The minimum Gasteiger partial charge on any atom is -1.00 e. The molecule has 0 spiro atoms. The van der Waals surface area contributed by atoms with Crippen LogP contribution in [0.25, 0.3) is 33.1 Å². The zero-order valence-electron chi connectivity index (χ0n) is 20.0.